The van der Waals surface area contributed by atoms with Crippen LogP contribution in [-0.4, -0.2) is 33.9 Å². The summed E-state index contributed by atoms with van der Waals surface area (Å²) in [7, 11) is 0. The van der Waals surface area contributed by atoms with Crippen LogP contribution < -0.4 is 16.4 Å². The molecular formula is C10H16N4OS2. The summed E-state index contributed by atoms with van der Waals surface area (Å²) < 4.78 is 4.20. The standard InChI is InChI=1S/C10H16N4OS2/c1-10(2)5-14(3-4-16-10)9-6(8(12)15)7(11)13-17-9/h3-5H2,1-2H3,(H2,11,13)(H2,12,15). The molecule has 0 aliphatic carbocycles. The molecular weight excluding hydrogens is 256 g/mol. The number of anilines is 2. The monoisotopic (exact) mass is 272 g/mol. The van der Waals surface area contributed by atoms with E-state index in [2.05, 4.69) is 23.1 Å². The average Bonchev–Trinajstić information content (AvgIpc) is 2.58. The third-order valence-electron chi connectivity index (χ3n) is 2.66. The number of nitrogens with zero attached hydrogens (tertiary/aromatic N) is 2. The number of hydrogen-bond donors (Lipinski definition) is 2. The van der Waals surface area contributed by atoms with Crippen LogP contribution >= 0.6 is 23.3 Å². The number of amides is 1. The Hall–Kier alpha value is -0.950. The number of carbonyl (C=O) groups excluding carboxylic acids is 1. The highest BCUT2D eigenvalue weighted by molar-refractivity contribution is 8.00. The average molecular weight is 272 g/mol. The van der Waals surface area contributed by atoms with Gasteiger partial charge in [0.25, 0.3) is 5.91 Å². The fourth-order valence-corrected chi connectivity index (χ4v) is 3.89. The van der Waals surface area contributed by atoms with Crippen molar-refractivity contribution in [1.29, 1.82) is 0 Å². The maximum Gasteiger partial charge on any atom is 0.255 e. The maximum absolute atomic E-state index is 11.4. The Bertz CT molecular complexity index is 444. The first-order valence-electron chi connectivity index (χ1n) is 5.34. The molecule has 1 saturated heterocycles. The summed E-state index contributed by atoms with van der Waals surface area (Å²) in [6, 6.07) is 0. The van der Waals surface area contributed by atoms with Gasteiger partial charge in [0.15, 0.2) is 5.82 Å². The molecule has 0 radical (unpaired) electrons. The van der Waals surface area contributed by atoms with E-state index in [4.69, 9.17) is 11.5 Å². The normalized spacial score (nSPS) is 19.3. The highest BCUT2D eigenvalue weighted by Gasteiger charge is 2.31. The van der Waals surface area contributed by atoms with E-state index in [1.54, 1.807) is 0 Å². The Labute approximate surface area is 109 Å². The molecule has 1 fully saturated rings. The van der Waals surface area contributed by atoms with E-state index in [1.165, 1.54) is 11.5 Å². The van der Waals surface area contributed by atoms with Gasteiger partial charge < -0.3 is 16.4 Å². The van der Waals surface area contributed by atoms with Crippen molar-refractivity contribution in [3.8, 4) is 0 Å². The Balaban J connectivity index is 2.31. The van der Waals surface area contributed by atoms with E-state index < -0.39 is 5.91 Å². The van der Waals surface area contributed by atoms with Gasteiger partial charge in [-0.05, 0) is 25.4 Å². The summed E-state index contributed by atoms with van der Waals surface area (Å²) in [5.74, 6) is 0.777. The lowest BCUT2D eigenvalue weighted by atomic mass is 10.1. The molecule has 0 saturated carbocycles. The zero-order valence-corrected chi connectivity index (χ0v) is 11.5. The van der Waals surface area contributed by atoms with E-state index in [9.17, 15) is 4.79 Å². The third-order valence-corrected chi connectivity index (χ3v) is 4.88. The molecule has 1 aliphatic rings. The zero-order valence-electron chi connectivity index (χ0n) is 9.90. The number of nitrogen functional groups attached to an aromatic ring is 1. The minimum Gasteiger partial charge on any atom is -0.382 e. The van der Waals surface area contributed by atoms with Gasteiger partial charge in [-0.25, -0.2) is 0 Å². The number of hydrogen-bond acceptors (Lipinski definition) is 6. The van der Waals surface area contributed by atoms with Crippen molar-refractivity contribution in [3.63, 3.8) is 0 Å². The lowest BCUT2D eigenvalue weighted by molar-refractivity contribution is 0.100. The van der Waals surface area contributed by atoms with Crippen molar-refractivity contribution in [2.75, 3.05) is 29.5 Å². The van der Waals surface area contributed by atoms with Crippen molar-refractivity contribution in [3.05, 3.63) is 5.56 Å². The van der Waals surface area contributed by atoms with Gasteiger partial charge in [0, 0.05) is 23.6 Å². The first-order valence-corrected chi connectivity index (χ1v) is 7.10. The van der Waals surface area contributed by atoms with Gasteiger partial charge in [0.2, 0.25) is 0 Å². The van der Waals surface area contributed by atoms with E-state index >= 15 is 0 Å². The fraction of sp³-hybridized carbons (Fsp3) is 0.600. The first kappa shape index (κ1) is 12.5. The predicted octanol–water partition coefficient (Wildman–Crippen LogP) is 1.16. The quantitative estimate of drug-likeness (QED) is 0.843. The second-order valence-electron chi connectivity index (χ2n) is 4.64. The lowest BCUT2D eigenvalue weighted by Crippen LogP contribution is -2.43. The molecule has 94 valence electrons. The van der Waals surface area contributed by atoms with Crippen molar-refractivity contribution in [2.24, 2.45) is 5.73 Å². The van der Waals surface area contributed by atoms with Gasteiger partial charge in [-0.3, -0.25) is 4.79 Å². The van der Waals surface area contributed by atoms with Gasteiger partial charge >= 0.3 is 0 Å². The number of rotatable bonds is 2. The van der Waals surface area contributed by atoms with Crippen LogP contribution in [0.3, 0.4) is 0 Å². The summed E-state index contributed by atoms with van der Waals surface area (Å²) in [6.07, 6.45) is 0. The Morgan fingerprint density at radius 1 is 1.53 bits per heavy atom. The molecule has 1 amide bonds. The zero-order chi connectivity index (χ0) is 12.6. The summed E-state index contributed by atoms with van der Waals surface area (Å²) in [6.45, 7) is 6.16. The van der Waals surface area contributed by atoms with Crippen LogP contribution in [0.15, 0.2) is 0 Å². The largest absolute Gasteiger partial charge is 0.382 e. The number of carbonyl (C=O) groups is 1. The molecule has 7 heteroatoms. The number of nitrogens with two attached hydrogens (primary N) is 2. The molecule has 1 aliphatic heterocycles. The number of primary amides is 1. The van der Waals surface area contributed by atoms with Crippen LogP contribution in [0.2, 0.25) is 0 Å². The predicted molar refractivity (Wildman–Crippen MR) is 73.8 cm³/mol. The molecule has 17 heavy (non-hydrogen) atoms. The minimum absolute atomic E-state index is 0.173. The van der Waals surface area contributed by atoms with Gasteiger partial charge in [-0.1, -0.05) is 0 Å². The first-order chi connectivity index (χ1) is 7.91. The molecule has 5 nitrogen and oxygen atoms in total. The Kier molecular flexibility index (Phi) is 3.22. The molecule has 1 aromatic rings. The SMILES string of the molecule is CC1(C)CN(c2snc(N)c2C(N)=O)CCS1. The van der Waals surface area contributed by atoms with Crippen molar-refractivity contribution < 1.29 is 4.79 Å². The van der Waals surface area contributed by atoms with Crippen LogP contribution in [0.25, 0.3) is 0 Å². The topological polar surface area (TPSA) is 85.2 Å². The molecule has 4 N–H and O–H groups in total. The second-order valence-corrected chi connectivity index (χ2v) is 7.20. The molecule has 0 atom stereocenters. The second kappa shape index (κ2) is 4.38. The van der Waals surface area contributed by atoms with Crippen molar-refractivity contribution >= 4 is 40.0 Å². The smallest absolute Gasteiger partial charge is 0.255 e. The summed E-state index contributed by atoms with van der Waals surface area (Å²) in [4.78, 5) is 13.5. The van der Waals surface area contributed by atoms with Crippen LogP contribution in [-0.2, 0) is 0 Å². The lowest BCUT2D eigenvalue weighted by Gasteiger charge is -2.38. The molecule has 0 aromatic carbocycles. The number of aromatic nitrogens is 1. The fourth-order valence-electron chi connectivity index (χ4n) is 1.93. The third kappa shape index (κ3) is 2.50. The Morgan fingerprint density at radius 2 is 2.24 bits per heavy atom. The maximum atomic E-state index is 11.4. The minimum atomic E-state index is -0.498. The van der Waals surface area contributed by atoms with Crippen LogP contribution in [0.1, 0.15) is 24.2 Å². The molecule has 1 aromatic heterocycles. The van der Waals surface area contributed by atoms with Crippen molar-refractivity contribution in [2.45, 2.75) is 18.6 Å². The molecule has 0 bridgehead atoms. The van der Waals surface area contributed by atoms with Crippen LogP contribution in [0.5, 0.6) is 0 Å². The van der Waals surface area contributed by atoms with Crippen LogP contribution in [0, 0.1) is 0 Å². The summed E-state index contributed by atoms with van der Waals surface area (Å²) in [5.41, 5.74) is 11.4. The van der Waals surface area contributed by atoms with Gasteiger partial charge in [0.1, 0.15) is 10.6 Å². The summed E-state index contributed by atoms with van der Waals surface area (Å²) in [5, 5.41) is 0.809. The van der Waals surface area contributed by atoms with E-state index in [0.29, 0.717) is 5.56 Å². The molecule has 0 spiro atoms. The Morgan fingerprint density at radius 3 is 2.82 bits per heavy atom. The van der Waals surface area contributed by atoms with Crippen molar-refractivity contribution in [1.82, 2.24) is 4.37 Å². The molecule has 2 rings (SSSR count). The van der Waals surface area contributed by atoms with Gasteiger partial charge in [-0.15, -0.1) is 0 Å². The summed E-state index contributed by atoms with van der Waals surface area (Å²) >= 11 is 3.19. The number of thioether (sulfide) groups is 1. The van der Waals surface area contributed by atoms with E-state index in [1.807, 2.05) is 11.8 Å². The van der Waals surface area contributed by atoms with Gasteiger partial charge in [0.05, 0.1) is 0 Å². The van der Waals surface area contributed by atoms with E-state index in [-0.39, 0.29) is 10.6 Å². The molecule has 0 unspecified atom stereocenters. The highest BCUT2D eigenvalue weighted by Crippen LogP contribution is 2.37. The van der Waals surface area contributed by atoms with E-state index in [0.717, 1.165) is 23.8 Å². The highest BCUT2D eigenvalue weighted by atomic mass is 32.2. The van der Waals surface area contributed by atoms with Crippen LogP contribution in [0.4, 0.5) is 10.8 Å². The van der Waals surface area contributed by atoms with Gasteiger partial charge in [-0.2, -0.15) is 16.1 Å². The molecule has 2 heterocycles.